The zero-order valence-electron chi connectivity index (χ0n) is 12.0. The summed E-state index contributed by atoms with van der Waals surface area (Å²) in [5, 5.41) is 8.06. The lowest BCUT2D eigenvalue weighted by molar-refractivity contribution is 0.0599. The summed E-state index contributed by atoms with van der Waals surface area (Å²) in [5.41, 5.74) is 1.63. The molecule has 0 unspecified atom stereocenters. The third-order valence-electron chi connectivity index (χ3n) is 3.80. The summed E-state index contributed by atoms with van der Waals surface area (Å²) in [5.74, 6) is 0.449. The minimum atomic E-state index is -0.286. The Kier molecular flexibility index (Phi) is 5.16. The van der Waals surface area contributed by atoms with Crippen molar-refractivity contribution in [1.82, 2.24) is 4.90 Å². The quantitative estimate of drug-likeness (QED) is 0.859. The number of hydrogen-bond acceptors (Lipinski definition) is 3. The zero-order chi connectivity index (χ0) is 14.4. The highest BCUT2D eigenvalue weighted by atomic mass is 16.5. The Balaban J connectivity index is 2.03. The van der Waals surface area contributed by atoms with Crippen molar-refractivity contribution in [3.05, 3.63) is 35.4 Å². The molecule has 0 bridgehead atoms. The lowest BCUT2D eigenvalue weighted by Crippen LogP contribution is -2.32. The van der Waals surface area contributed by atoms with Crippen molar-refractivity contribution in [1.29, 1.82) is 5.41 Å². The van der Waals surface area contributed by atoms with E-state index >= 15 is 0 Å². The van der Waals surface area contributed by atoms with Crippen LogP contribution in [0.3, 0.4) is 0 Å². The number of rotatable bonds is 4. The van der Waals surface area contributed by atoms with Gasteiger partial charge >= 0.3 is 5.97 Å². The van der Waals surface area contributed by atoms with Gasteiger partial charge in [0.1, 0.15) is 0 Å². The van der Waals surface area contributed by atoms with Gasteiger partial charge in [-0.15, -0.1) is 0 Å². The summed E-state index contributed by atoms with van der Waals surface area (Å²) in [4.78, 5) is 13.9. The van der Waals surface area contributed by atoms with Crippen LogP contribution in [0, 0.1) is 5.41 Å². The van der Waals surface area contributed by atoms with Crippen LogP contribution in [-0.2, 0) is 11.2 Å². The molecule has 1 fully saturated rings. The van der Waals surface area contributed by atoms with Crippen molar-refractivity contribution < 1.29 is 9.53 Å². The third-order valence-corrected chi connectivity index (χ3v) is 3.80. The molecule has 1 saturated heterocycles. The van der Waals surface area contributed by atoms with Crippen LogP contribution >= 0.6 is 0 Å². The molecule has 1 aliphatic rings. The Hall–Kier alpha value is -1.84. The number of carbonyl (C=O) groups excluding carboxylic acids is 1. The fraction of sp³-hybridized carbons (Fsp3) is 0.500. The number of benzene rings is 1. The van der Waals surface area contributed by atoms with Crippen LogP contribution in [0.5, 0.6) is 0 Å². The first-order valence-corrected chi connectivity index (χ1v) is 7.21. The van der Waals surface area contributed by atoms with Crippen LogP contribution in [0.25, 0.3) is 0 Å². The number of amidine groups is 1. The molecule has 0 saturated carbocycles. The van der Waals surface area contributed by atoms with Gasteiger partial charge in [-0.05, 0) is 30.9 Å². The first kappa shape index (κ1) is 14.6. The summed E-state index contributed by atoms with van der Waals surface area (Å²) in [7, 11) is 1.41. The van der Waals surface area contributed by atoms with E-state index in [9.17, 15) is 4.79 Å². The molecule has 2 rings (SSSR count). The Bertz CT molecular complexity index is 485. The van der Waals surface area contributed by atoms with Gasteiger partial charge < -0.3 is 9.64 Å². The molecule has 1 N–H and O–H groups in total. The number of nitrogens with one attached hydrogen (secondary N) is 1. The minimum absolute atomic E-state index is 0.286. The Labute approximate surface area is 120 Å². The van der Waals surface area contributed by atoms with Crippen LogP contribution in [0.1, 0.15) is 41.6 Å². The van der Waals surface area contributed by atoms with E-state index in [1.165, 1.54) is 13.5 Å². The number of carbonyl (C=O) groups is 1. The van der Waals surface area contributed by atoms with E-state index in [0.29, 0.717) is 5.56 Å². The van der Waals surface area contributed by atoms with Crippen LogP contribution in [0.15, 0.2) is 24.3 Å². The van der Waals surface area contributed by atoms with Crippen molar-refractivity contribution in [2.24, 2.45) is 0 Å². The van der Waals surface area contributed by atoms with Gasteiger partial charge in [-0.2, -0.15) is 0 Å². The van der Waals surface area contributed by atoms with Gasteiger partial charge in [-0.1, -0.05) is 24.6 Å². The Morgan fingerprint density at radius 2 is 2.10 bits per heavy atom. The maximum Gasteiger partial charge on any atom is 0.338 e. The smallest absolute Gasteiger partial charge is 0.338 e. The molecular formula is C16H22N2O2. The van der Waals surface area contributed by atoms with Gasteiger partial charge in [0.15, 0.2) is 0 Å². The fourth-order valence-corrected chi connectivity index (χ4v) is 2.61. The van der Waals surface area contributed by atoms with Gasteiger partial charge in [0.25, 0.3) is 0 Å². The molecule has 4 heteroatoms. The van der Waals surface area contributed by atoms with Gasteiger partial charge in [0, 0.05) is 19.5 Å². The van der Waals surface area contributed by atoms with Crippen molar-refractivity contribution in [2.75, 3.05) is 20.2 Å². The summed E-state index contributed by atoms with van der Waals surface area (Å²) in [6.45, 7) is 1.76. The van der Waals surface area contributed by atoms with Crippen molar-refractivity contribution >= 4 is 11.8 Å². The van der Waals surface area contributed by atoms with E-state index in [1.807, 2.05) is 18.2 Å². The largest absolute Gasteiger partial charge is 0.465 e. The van der Waals surface area contributed by atoms with E-state index in [0.717, 1.165) is 50.2 Å². The number of ether oxygens (including phenoxy) is 1. The second kappa shape index (κ2) is 7.08. The Morgan fingerprint density at radius 3 is 2.90 bits per heavy atom. The first-order chi connectivity index (χ1) is 9.72. The predicted octanol–water partition coefficient (Wildman–Crippen LogP) is 2.87. The molecule has 20 heavy (non-hydrogen) atoms. The molecule has 1 aliphatic heterocycles. The molecular weight excluding hydrogens is 252 g/mol. The topological polar surface area (TPSA) is 53.4 Å². The van der Waals surface area contributed by atoms with Crippen molar-refractivity contribution in [3.8, 4) is 0 Å². The summed E-state index contributed by atoms with van der Waals surface area (Å²) < 4.78 is 4.82. The number of likely N-dealkylation sites (tertiary alicyclic amines) is 1. The molecule has 0 radical (unpaired) electrons. The van der Waals surface area contributed by atoms with Gasteiger partial charge in [0.2, 0.25) is 0 Å². The van der Waals surface area contributed by atoms with E-state index in [1.54, 1.807) is 6.07 Å². The van der Waals surface area contributed by atoms with Gasteiger partial charge in [-0.3, -0.25) is 5.41 Å². The maximum absolute atomic E-state index is 11.7. The van der Waals surface area contributed by atoms with Crippen LogP contribution in [0.4, 0.5) is 0 Å². The molecule has 1 heterocycles. The van der Waals surface area contributed by atoms with Crippen molar-refractivity contribution in [3.63, 3.8) is 0 Å². The molecule has 0 atom stereocenters. The second-order valence-corrected chi connectivity index (χ2v) is 5.14. The van der Waals surface area contributed by atoms with E-state index < -0.39 is 0 Å². The molecule has 0 aromatic heterocycles. The minimum Gasteiger partial charge on any atom is -0.465 e. The molecule has 0 spiro atoms. The lowest BCUT2D eigenvalue weighted by Gasteiger charge is -2.23. The molecule has 4 nitrogen and oxygen atoms in total. The standard InChI is InChI=1S/C16H22N2O2/c1-20-16(19)14-8-5-4-7-13(14)10-12-18-11-6-2-3-9-15(18)17/h4-5,7-8,17H,2-3,6,9-12H2,1H3. The molecule has 0 amide bonds. The van der Waals surface area contributed by atoms with Crippen LogP contribution in [0.2, 0.25) is 0 Å². The fourth-order valence-electron chi connectivity index (χ4n) is 2.61. The average Bonchev–Trinajstić information content (AvgIpc) is 2.69. The summed E-state index contributed by atoms with van der Waals surface area (Å²) >= 11 is 0. The number of esters is 1. The zero-order valence-corrected chi connectivity index (χ0v) is 12.0. The summed E-state index contributed by atoms with van der Waals surface area (Å²) in [6.07, 6.45) is 5.12. The van der Waals surface area contributed by atoms with E-state index in [-0.39, 0.29) is 5.97 Å². The highest BCUT2D eigenvalue weighted by molar-refractivity contribution is 5.91. The lowest BCUT2D eigenvalue weighted by atomic mass is 10.0. The number of hydrogen-bond donors (Lipinski definition) is 1. The molecule has 1 aromatic rings. The predicted molar refractivity (Wildman–Crippen MR) is 79.3 cm³/mol. The highest BCUT2D eigenvalue weighted by Crippen LogP contribution is 2.15. The van der Waals surface area contributed by atoms with E-state index in [4.69, 9.17) is 10.1 Å². The first-order valence-electron chi connectivity index (χ1n) is 7.21. The second-order valence-electron chi connectivity index (χ2n) is 5.14. The van der Waals surface area contributed by atoms with Gasteiger partial charge in [0.05, 0.1) is 18.5 Å². The summed E-state index contributed by atoms with van der Waals surface area (Å²) in [6, 6.07) is 7.56. The maximum atomic E-state index is 11.7. The molecule has 108 valence electrons. The SMILES string of the molecule is COC(=O)c1ccccc1CCN1CCCCCC1=N. The molecule has 0 aliphatic carbocycles. The van der Waals surface area contributed by atoms with Gasteiger partial charge in [-0.25, -0.2) is 4.79 Å². The van der Waals surface area contributed by atoms with E-state index in [2.05, 4.69) is 4.90 Å². The number of methoxy groups -OCH3 is 1. The Morgan fingerprint density at radius 1 is 1.30 bits per heavy atom. The van der Waals surface area contributed by atoms with Crippen molar-refractivity contribution in [2.45, 2.75) is 32.1 Å². The molecule has 1 aromatic carbocycles. The van der Waals surface area contributed by atoms with Crippen LogP contribution in [-0.4, -0.2) is 36.9 Å². The third kappa shape index (κ3) is 3.59. The normalized spacial score (nSPS) is 15.8. The highest BCUT2D eigenvalue weighted by Gasteiger charge is 2.15. The van der Waals surface area contributed by atoms with Crippen LogP contribution < -0.4 is 0 Å². The number of nitrogens with zero attached hydrogens (tertiary/aromatic N) is 1. The average molecular weight is 274 g/mol. The monoisotopic (exact) mass is 274 g/mol.